The Hall–Kier alpha value is -0.0600. The summed E-state index contributed by atoms with van der Waals surface area (Å²) in [6.07, 6.45) is 0. The molecule has 0 fully saturated rings. The fraction of sp³-hybridized carbons (Fsp3) is 0.273. The Morgan fingerprint density at radius 1 is 1.13 bits per heavy atom. The molecule has 0 saturated carbocycles. The maximum absolute atomic E-state index is 5.14. The number of methoxy groups -OCH3 is 1. The molecule has 0 bridgehead atoms. The third kappa shape index (κ3) is 2.74. The number of hydrogen-bond acceptors (Lipinski definition) is 3. The molecule has 80 valence electrons. The maximum atomic E-state index is 5.14. The topological polar surface area (TPSA) is 9.23 Å². The molecule has 0 amide bonds. The first-order valence-corrected chi connectivity index (χ1v) is 7.37. The van der Waals surface area contributed by atoms with Crippen LogP contribution >= 0.6 is 39.5 Å². The molecular formula is C11H11BrOS2. The number of rotatable bonds is 2. The summed E-state index contributed by atoms with van der Waals surface area (Å²) in [5.74, 6) is 3.27. The Labute approximate surface area is 107 Å². The molecule has 1 aromatic carbocycles. The number of ether oxygens (including phenoxy) is 1. The van der Waals surface area contributed by atoms with Gasteiger partial charge in [0.1, 0.15) is 5.75 Å². The molecule has 0 aromatic heterocycles. The average molecular weight is 303 g/mol. The Bertz CT molecular complexity index is 373. The summed E-state index contributed by atoms with van der Waals surface area (Å²) >= 11 is 7.40. The first kappa shape index (κ1) is 11.4. The molecule has 2 rings (SSSR count). The predicted molar refractivity (Wildman–Crippen MR) is 73.8 cm³/mol. The van der Waals surface area contributed by atoms with Crippen LogP contribution in [0.4, 0.5) is 0 Å². The van der Waals surface area contributed by atoms with E-state index < -0.39 is 0 Å². The van der Waals surface area contributed by atoms with Gasteiger partial charge in [0.05, 0.1) is 10.9 Å². The van der Waals surface area contributed by atoms with Crippen LogP contribution in [0.15, 0.2) is 28.1 Å². The first-order chi connectivity index (χ1) is 7.31. The molecule has 1 aromatic rings. The van der Waals surface area contributed by atoms with Crippen molar-refractivity contribution in [3.8, 4) is 5.75 Å². The maximum Gasteiger partial charge on any atom is 0.118 e. The summed E-state index contributed by atoms with van der Waals surface area (Å²) in [7, 11) is 1.69. The zero-order valence-electron chi connectivity index (χ0n) is 8.33. The van der Waals surface area contributed by atoms with Crippen LogP contribution in [-0.4, -0.2) is 18.6 Å². The molecule has 0 spiro atoms. The van der Waals surface area contributed by atoms with Gasteiger partial charge in [-0.15, -0.1) is 23.5 Å². The van der Waals surface area contributed by atoms with Gasteiger partial charge in [-0.1, -0.05) is 12.1 Å². The molecule has 0 atom stereocenters. The number of benzene rings is 1. The van der Waals surface area contributed by atoms with E-state index in [1.165, 1.54) is 25.8 Å². The van der Waals surface area contributed by atoms with E-state index in [4.69, 9.17) is 4.74 Å². The summed E-state index contributed by atoms with van der Waals surface area (Å²) < 4.78 is 6.40. The van der Waals surface area contributed by atoms with E-state index in [1.807, 2.05) is 35.7 Å². The van der Waals surface area contributed by atoms with E-state index in [0.29, 0.717) is 0 Å². The molecular weight excluding hydrogens is 292 g/mol. The molecule has 0 radical (unpaired) electrons. The van der Waals surface area contributed by atoms with E-state index in [2.05, 4.69) is 28.1 Å². The largest absolute Gasteiger partial charge is 0.497 e. The predicted octanol–water partition coefficient (Wildman–Crippen LogP) is 4.20. The van der Waals surface area contributed by atoms with Gasteiger partial charge in [0.25, 0.3) is 0 Å². The van der Waals surface area contributed by atoms with Crippen molar-refractivity contribution >= 4 is 44.4 Å². The molecule has 0 unspecified atom stereocenters. The van der Waals surface area contributed by atoms with Crippen molar-refractivity contribution in [2.45, 2.75) is 0 Å². The zero-order chi connectivity index (χ0) is 10.7. The number of halogens is 1. The van der Waals surface area contributed by atoms with Gasteiger partial charge in [0, 0.05) is 16.4 Å². The van der Waals surface area contributed by atoms with E-state index in [-0.39, 0.29) is 0 Å². The van der Waals surface area contributed by atoms with Crippen LogP contribution in [0.3, 0.4) is 0 Å². The molecule has 1 aliphatic heterocycles. The highest BCUT2D eigenvalue weighted by atomic mass is 79.9. The summed E-state index contributed by atoms with van der Waals surface area (Å²) in [5, 5.41) is 0. The highest BCUT2D eigenvalue weighted by Crippen LogP contribution is 2.43. The second kappa shape index (κ2) is 5.32. The van der Waals surface area contributed by atoms with Gasteiger partial charge in [-0.05, 0) is 33.6 Å². The van der Waals surface area contributed by atoms with Crippen molar-refractivity contribution in [1.29, 1.82) is 0 Å². The summed E-state index contributed by atoms with van der Waals surface area (Å²) in [5.41, 5.74) is 1.26. The third-order valence-corrected chi connectivity index (χ3v) is 5.83. The third-order valence-electron chi connectivity index (χ3n) is 2.09. The standard InChI is InChI=1S/C11H11BrOS2/c1-13-9-4-2-8(3-5-9)10-11(12)15-7-6-14-10/h2-5H,6-7H2,1H3. The van der Waals surface area contributed by atoms with Crippen LogP contribution in [0.2, 0.25) is 0 Å². The second-order valence-electron chi connectivity index (χ2n) is 3.03. The lowest BCUT2D eigenvalue weighted by Crippen LogP contribution is -1.93. The quantitative estimate of drug-likeness (QED) is 0.810. The smallest absolute Gasteiger partial charge is 0.118 e. The van der Waals surface area contributed by atoms with Crippen molar-refractivity contribution in [3.05, 3.63) is 33.6 Å². The van der Waals surface area contributed by atoms with Crippen LogP contribution in [-0.2, 0) is 0 Å². The van der Waals surface area contributed by atoms with Gasteiger partial charge < -0.3 is 4.74 Å². The molecule has 0 aliphatic carbocycles. The van der Waals surface area contributed by atoms with Crippen LogP contribution in [0.25, 0.3) is 4.91 Å². The van der Waals surface area contributed by atoms with Crippen LogP contribution < -0.4 is 4.74 Å². The van der Waals surface area contributed by atoms with Gasteiger partial charge in [-0.2, -0.15) is 0 Å². The average Bonchev–Trinajstić information content (AvgIpc) is 2.30. The van der Waals surface area contributed by atoms with Crippen LogP contribution in [0.1, 0.15) is 5.56 Å². The van der Waals surface area contributed by atoms with Crippen molar-refractivity contribution < 1.29 is 4.74 Å². The fourth-order valence-electron chi connectivity index (χ4n) is 1.34. The molecule has 0 N–H and O–H groups in total. The molecule has 4 heteroatoms. The summed E-state index contributed by atoms with van der Waals surface area (Å²) in [4.78, 5) is 1.34. The minimum Gasteiger partial charge on any atom is -0.497 e. The van der Waals surface area contributed by atoms with Gasteiger partial charge in [-0.25, -0.2) is 0 Å². The lowest BCUT2D eigenvalue weighted by Gasteiger charge is -2.15. The van der Waals surface area contributed by atoms with E-state index in [1.54, 1.807) is 7.11 Å². The first-order valence-electron chi connectivity index (χ1n) is 4.61. The lowest BCUT2D eigenvalue weighted by atomic mass is 10.2. The van der Waals surface area contributed by atoms with Gasteiger partial charge in [0.2, 0.25) is 0 Å². The SMILES string of the molecule is COc1ccc(C2=C(Br)SCCS2)cc1. The zero-order valence-corrected chi connectivity index (χ0v) is 11.5. The van der Waals surface area contributed by atoms with E-state index in [0.717, 1.165) is 5.75 Å². The normalized spacial score (nSPS) is 16.7. The van der Waals surface area contributed by atoms with E-state index >= 15 is 0 Å². The van der Waals surface area contributed by atoms with Crippen molar-refractivity contribution in [2.75, 3.05) is 18.6 Å². The van der Waals surface area contributed by atoms with Crippen LogP contribution in [0.5, 0.6) is 5.75 Å². The van der Waals surface area contributed by atoms with Crippen LogP contribution in [0, 0.1) is 0 Å². The second-order valence-corrected chi connectivity index (χ2v) is 6.56. The molecule has 1 aliphatic rings. The van der Waals surface area contributed by atoms with Gasteiger partial charge >= 0.3 is 0 Å². The molecule has 1 heterocycles. The number of hydrogen-bond donors (Lipinski definition) is 0. The van der Waals surface area contributed by atoms with Crippen molar-refractivity contribution in [2.24, 2.45) is 0 Å². The van der Waals surface area contributed by atoms with E-state index in [9.17, 15) is 0 Å². The lowest BCUT2D eigenvalue weighted by molar-refractivity contribution is 0.415. The molecule has 0 saturated heterocycles. The summed E-state index contributed by atoms with van der Waals surface area (Å²) in [6.45, 7) is 0. The highest BCUT2D eigenvalue weighted by molar-refractivity contribution is 9.14. The number of thioether (sulfide) groups is 2. The fourth-order valence-corrected chi connectivity index (χ4v) is 4.46. The Morgan fingerprint density at radius 3 is 2.40 bits per heavy atom. The summed E-state index contributed by atoms with van der Waals surface area (Å²) in [6, 6.07) is 8.22. The van der Waals surface area contributed by atoms with Crippen molar-refractivity contribution in [1.82, 2.24) is 0 Å². The van der Waals surface area contributed by atoms with Gasteiger partial charge in [-0.3, -0.25) is 0 Å². The molecule has 15 heavy (non-hydrogen) atoms. The monoisotopic (exact) mass is 302 g/mol. The minimum atomic E-state index is 0.906. The highest BCUT2D eigenvalue weighted by Gasteiger charge is 2.13. The minimum absolute atomic E-state index is 0.906. The Morgan fingerprint density at radius 2 is 1.80 bits per heavy atom. The van der Waals surface area contributed by atoms with Gasteiger partial charge in [0.15, 0.2) is 0 Å². The molecule has 1 nitrogen and oxygen atoms in total. The Balaban J connectivity index is 2.28. The Kier molecular flexibility index (Phi) is 4.05. The van der Waals surface area contributed by atoms with Crippen molar-refractivity contribution in [3.63, 3.8) is 0 Å².